The third-order valence-corrected chi connectivity index (χ3v) is 2.88. The fourth-order valence-electron chi connectivity index (χ4n) is 1.88. The number of carbonyl (C=O) groups excluding carboxylic acids is 1. The summed E-state index contributed by atoms with van der Waals surface area (Å²) in [5.74, 6) is 1.14. The normalized spacial score (nSPS) is 19.8. The molecule has 1 aliphatic heterocycles. The van der Waals surface area contributed by atoms with E-state index in [4.69, 9.17) is 0 Å². The number of aromatic amines is 1. The molecule has 6 nitrogen and oxygen atoms in total. The topological polar surface area (TPSA) is 78.1 Å². The van der Waals surface area contributed by atoms with Crippen LogP contribution < -0.4 is 10.9 Å². The van der Waals surface area contributed by atoms with Crippen LogP contribution >= 0.6 is 0 Å². The number of likely N-dealkylation sites (tertiary alicyclic amines) is 1. The fraction of sp³-hybridized carbons (Fsp3) is 0.545. The Balaban J connectivity index is 2.16. The van der Waals surface area contributed by atoms with Crippen LogP contribution in [0.3, 0.4) is 0 Å². The number of H-pyrrole nitrogens is 1. The van der Waals surface area contributed by atoms with Crippen molar-refractivity contribution >= 4 is 11.7 Å². The first-order valence-corrected chi connectivity index (χ1v) is 5.72. The highest BCUT2D eigenvalue weighted by Crippen LogP contribution is 2.13. The Kier molecular flexibility index (Phi) is 3.12. The molecule has 1 atom stereocenters. The molecule has 0 saturated carbocycles. The van der Waals surface area contributed by atoms with E-state index in [2.05, 4.69) is 15.3 Å². The van der Waals surface area contributed by atoms with Crippen LogP contribution in [0.1, 0.15) is 19.2 Å². The maximum absolute atomic E-state index is 11.7. The Morgan fingerprint density at radius 1 is 1.59 bits per heavy atom. The van der Waals surface area contributed by atoms with Gasteiger partial charge in [-0.2, -0.15) is 0 Å². The highest BCUT2D eigenvalue weighted by molar-refractivity contribution is 5.86. The number of amides is 1. The molecule has 2 N–H and O–H groups in total. The summed E-state index contributed by atoms with van der Waals surface area (Å²) in [6.07, 6.45) is 1.40. The molecule has 1 aromatic heterocycles. The number of nitrogens with one attached hydrogen (secondary N) is 2. The number of carbonyl (C=O) groups is 1. The second-order valence-corrected chi connectivity index (χ2v) is 4.18. The number of aromatic nitrogens is 2. The molecular formula is C11H16N4O2. The Morgan fingerprint density at radius 3 is 2.94 bits per heavy atom. The van der Waals surface area contributed by atoms with Crippen molar-refractivity contribution < 1.29 is 4.79 Å². The van der Waals surface area contributed by atoms with E-state index in [1.165, 1.54) is 6.07 Å². The lowest BCUT2D eigenvalue weighted by atomic mass is 10.2. The number of anilines is 1. The van der Waals surface area contributed by atoms with E-state index in [0.29, 0.717) is 18.1 Å². The number of likely N-dealkylation sites (N-methyl/N-ethyl adjacent to an activating group) is 1. The Labute approximate surface area is 99.1 Å². The van der Waals surface area contributed by atoms with Crippen LogP contribution in [0.25, 0.3) is 0 Å². The molecule has 92 valence electrons. The van der Waals surface area contributed by atoms with Crippen molar-refractivity contribution in [3.8, 4) is 0 Å². The fourth-order valence-corrected chi connectivity index (χ4v) is 1.88. The van der Waals surface area contributed by atoms with Gasteiger partial charge < -0.3 is 15.2 Å². The molecule has 0 radical (unpaired) electrons. The number of hydrogen-bond acceptors (Lipinski definition) is 4. The first-order chi connectivity index (χ1) is 8.10. The number of hydrogen-bond donors (Lipinski definition) is 2. The molecule has 0 spiro atoms. The molecule has 0 aliphatic carbocycles. The van der Waals surface area contributed by atoms with Crippen molar-refractivity contribution in [2.45, 2.75) is 25.8 Å². The second-order valence-electron chi connectivity index (χ2n) is 4.18. The van der Waals surface area contributed by atoms with Crippen molar-refractivity contribution in [3.63, 3.8) is 0 Å². The monoisotopic (exact) mass is 236 g/mol. The Hall–Kier alpha value is -1.85. The van der Waals surface area contributed by atoms with Crippen molar-refractivity contribution in [2.75, 3.05) is 18.9 Å². The standard InChI is InChI=1S/C11H16N4O2/c1-3-8-13-9(6-10(16)14-8)12-7-4-5-15(2)11(7)17/h6-7H,3-5H2,1-2H3,(H2,12,13,14,16). The summed E-state index contributed by atoms with van der Waals surface area (Å²) < 4.78 is 0. The smallest absolute Gasteiger partial charge is 0.252 e. The van der Waals surface area contributed by atoms with Gasteiger partial charge in [0.2, 0.25) is 5.91 Å². The van der Waals surface area contributed by atoms with Gasteiger partial charge >= 0.3 is 0 Å². The maximum atomic E-state index is 11.7. The van der Waals surface area contributed by atoms with Crippen molar-refractivity contribution in [3.05, 3.63) is 22.2 Å². The first kappa shape index (κ1) is 11.6. The first-order valence-electron chi connectivity index (χ1n) is 5.72. The van der Waals surface area contributed by atoms with Crippen LogP contribution in [0.4, 0.5) is 5.82 Å². The van der Waals surface area contributed by atoms with Gasteiger partial charge in [0.15, 0.2) is 0 Å². The molecule has 2 rings (SSSR count). The van der Waals surface area contributed by atoms with Crippen LogP contribution in [0, 0.1) is 0 Å². The third-order valence-electron chi connectivity index (χ3n) is 2.88. The van der Waals surface area contributed by atoms with E-state index in [9.17, 15) is 9.59 Å². The van der Waals surface area contributed by atoms with E-state index < -0.39 is 0 Å². The zero-order valence-electron chi connectivity index (χ0n) is 9.99. The number of aryl methyl sites for hydroxylation is 1. The van der Waals surface area contributed by atoms with E-state index in [0.717, 1.165) is 13.0 Å². The van der Waals surface area contributed by atoms with Crippen LogP contribution in [-0.4, -0.2) is 40.4 Å². The predicted octanol–water partition coefficient (Wildman–Crippen LogP) is -0.0251. The summed E-state index contributed by atoms with van der Waals surface area (Å²) in [7, 11) is 1.77. The van der Waals surface area contributed by atoms with E-state index in [1.807, 2.05) is 6.92 Å². The summed E-state index contributed by atoms with van der Waals surface area (Å²) in [5.41, 5.74) is -0.196. The van der Waals surface area contributed by atoms with Gasteiger partial charge in [-0.3, -0.25) is 9.59 Å². The van der Waals surface area contributed by atoms with Crippen molar-refractivity contribution in [1.29, 1.82) is 0 Å². The molecule has 6 heteroatoms. The molecule has 1 fully saturated rings. The molecule has 1 saturated heterocycles. The zero-order chi connectivity index (χ0) is 12.4. The molecule has 1 amide bonds. The lowest BCUT2D eigenvalue weighted by molar-refractivity contribution is -0.127. The minimum Gasteiger partial charge on any atom is -0.358 e. The minimum absolute atomic E-state index is 0.0464. The second kappa shape index (κ2) is 4.57. The molecule has 2 heterocycles. The number of rotatable bonds is 3. The zero-order valence-corrected chi connectivity index (χ0v) is 9.99. The predicted molar refractivity (Wildman–Crippen MR) is 63.9 cm³/mol. The summed E-state index contributed by atoms with van der Waals surface area (Å²) in [5, 5.41) is 3.01. The van der Waals surface area contributed by atoms with Gasteiger partial charge in [-0.05, 0) is 6.42 Å². The Morgan fingerprint density at radius 2 is 2.35 bits per heavy atom. The van der Waals surface area contributed by atoms with Crippen LogP contribution in [0.15, 0.2) is 10.9 Å². The average molecular weight is 236 g/mol. The van der Waals surface area contributed by atoms with Crippen molar-refractivity contribution in [2.24, 2.45) is 0 Å². The molecule has 1 aliphatic rings. The summed E-state index contributed by atoms with van der Waals surface area (Å²) in [6.45, 7) is 2.65. The molecule has 0 bridgehead atoms. The van der Waals surface area contributed by atoms with Gasteiger partial charge in [-0.25, -0.2) is 4.98 Å². The van der Waals surface area contributed by atoms with E-state index in [1.54, 1.807) is 11.9 Å². The molecular weight excluding hydrogens is 220 g/mol. The summed E-state index contributed by atoms with van der Waals surface area (Å²) in [6, 6.07) is 1.11. The van der Waals surface area contributed by atoms with Crippen LogP contribution in [0.2, 0.25) is 0 Å². The van der Waals surface area contributed by atoms with Crippen molar-refractivity contribution in [1.82, 2.24) is 14.9 Å². The largest absolute Gasteiger partial charge is 0.358 e. The number of nitrogens with zero attached hydrogens (tertiary/aromatic N) is 2. The minimum atomic E-state index is -0.265. The average Bonchev–Trinajstić information content (AvgIpc) is 2.60. The molecule has 1 aromatic rings. The highest BCUT2D eigenvalue weighted by atomic mass is 16.2. The summed E-state index contributed by atoms with van der Waals surface area (Å²) in [4.78, 5) is 31.6. The maximum Gasteiger partial charge on any atom is 0.252 e. The van der Waals surface area contributed by atoms with Gasteiger partial charge in [-0.1, -0.05) is 6.92 Å². The Bertz CT molecular complexity index is 483. The highest BCUT2D eigenvalue weighted by Gasteiger charge is 2.29. The van der Waals surface area contributed by atoms with Crippen LogP contribution in [0.5, 0.6) is 0 Å². The van der Waals surface area contributed by atoms with E-state index in [-0.39, 0.29) is 17.5 Å². The lowest BCUT2D eigenvalue weighted by Gasteiger charge is -2.12. The van der Waals surface area contributed by atoms with Gasteiger partial charge in [0.25, 0.3) is 5.56 Å². The van der Waals surface area contributed by atoms with E-state index >= 15 is 0 Å². The van der Waals surface area contributed by atoms with Gasteiger partial charge in [0.1, 0.15) is 17.7 Å². The van der Waals surface area contributed by atoms with Gasteiger partial charge in [0, 0.05) is 26.1 Å². The molecule has 1 unspecified atom stereocenters. The molecule has 17 heavy (non-hydrogen) atoms. The van der Waals surface area contributed by atoms with Gasteiger partial charge in [-0.15, -0.1) is 0 Å². The third kappa shape index (κ3) is 2.46. The SMILES string of the molecule is CCc1nc(NC2CCN(C)C2=O)cc(=O)[nH]1. The lowest BCUT2D eigenvalue weighted by Crippen LogP contribution is -2.31. The quantitative estimate of drug-likeness (QED) is 0.773. The van der Waals surface area contributed by atoms with Gasteiger partial charge in [0.05, 0.1) is 0 Å². The molecule has 0 aromatic carbocycles. The summed E-state index contributed by atoms with van der Waals surface area (Å²) >= 11 is 0. The van der Waals surface area contributed by atoms with Crippen LogP contribution in [-0.2, 0) is 11.2 Å².